The van der Waals surface area contributed by atoms with Crippen molar-refractivity contribution in [2.75, 3.05) is 36.0 Å². The Hall–Kier alpha value is -3.19. The zero-order chi connectivity index (χ0) is 26.7. The average Bonchev–Trinajstić information content (AvgIpc) is 2.78. The van der Waals surface area contributed by atoms with E-state index in [9.17, 15) is 29.4 Å². The predicted octanol–water partition coefficient (Wildman–Crippen LogP) is 1.65. The van der Waals surface area contributed by atoms with Crippen LogP contribution in [0, 0.1) is 0 Å². The van der Waals surface area contributed by atoms with E-state index >= 15 is 0 Å². The monoisotopic (exact) mass is 605 g/mol. The molecule has 0 aliphatic heterocycles. The number of hydrogen-bond donors (Lipinski definition) is 4. The Morgan fingerprint density at radius 2 is 1.03 bits per heavy atom. The fraction of sp³-hybridized carbons (Fsp3) is 0.238. The summed E-state index contributed by atoms with van der Waals surface area (Å²) in [5.41, 5.74) is 0.706. The van der Waals surface area contributed by atoms with Gasteiger partial charge in [0, 0.05) is 24.5 Å². The van der Waals surface area contributed by atoms with Crippen LogP contribution in [0.4, 0.5) is 11.4 Å². The van der Waals surface area contributed by atoms with Gasteiger partial charge in [-0.05, 0) is 30.7 Å². The molecular formula is C21H20N2O9S2Tc+2. The van der Waals surface area contributed by atoms with Gasteiger partial charge in [0.15, 0.2) is 0 Å². The van der Waals surface area contributed by atoms with Gasteiger partial charge < -0.3 is 55.5 Å². The second-order valence-electron chi connectivity index (χ2n) is 6.96. The summed E-state index contributed by atoms with van der Waals surface area (Å²) in [5, 5.41) is 36.7. The van der Waals surface area contributed by atoms with Gasteiger partial charge in [-0.15, -0.1) is 0 Å². The molecule has 0 fully saturated rings. The standard InChI is InChI=1S/C21H22N2O8S2.O.Tc/c24-18(25)10-22(14-4-2-12(20(28)29)8-16(14)32)6-1-7-23(11-19(26)27)15-5-3-13(21(30)31)9-17(15)33;;/h2-5,8-9,32-33H,1,6-7,10-11H2,(H,24,25)(H,26,27)(H,28,29)(H,30,31);;/q;;+4/p-2. The third-order valence-electron chi connectivity index (χ3n) is 4.60. The second-order valence-corrected chi connectivity index (χ2v) is 7.84. The molecule has 4 N–H and O–H groups in total. The molecule has 2 aromatic carbocycles. The minimum atomic E-state index is -1.16. The first-order valence-electron chi connectivity index (χ1n) is 9.67. The zero-order valence-corrected chi connectivity index (χ0v) is 21.4. The summed E-state index contributed by atoms with van der Waals surface area (Å²) in [5.74, 6) is -4.55. The topological polar surface area (TPSA) is 173 Å². The minimum absolute atomic E-state index is 0.0190. The molecule has 0 radical (unpaired) electrons. The maximum atomic E-state index is 11.3. The summed E-state index contributed by atoms with van der Waals surface area (Å²) >= 11 is 11.4. The Labute approximate surface area is 221 Å². The summed E-state index contributed by atoms with van der Waals surface area (Å²) in [4.78, 5) is 48.2. The summed E-state index contributed by atoms with van der Waals surface area (Å²) < 4.78 is 8.22. The molecule has 0 bridgehead atoms. The number of nitrogens with zero attached hydrogens (tertiary/aromatic N) is 2. The number of aliphatic carboxylic acids is 2. The number of carboxylic acid groups (broad SMARTS) is 4. The first kappa shape index (κ1) is 29.8. The summed E-state index contributed by atoms with van der Waals surface area (Å²) in [6, 6.07) is 8.07. The molecule has 0 saturated carbocycles. The van der Waals surface area contributed by atoms with E-state index < -0.39 is 37.0 Å². The van der Waals surface area contributed by atoms with Gasteiger partial charge in [0.1, 0.15) is 13.1 Å². The Morgan fingerprint density at radius 1 is 0.686 bits per heavy atom. The molecule has 0 aliphatic rings. The summed E-state index contributed by atoms with van der Waals surface area (Å²) in [6.07, 6.45) is 0.311. The number of rotatable bonds is 12. The second kappa shape index (κ2) is 14.3. The number of hydrogen-bond acceptors (Lipinski definition) is 9. The summed E-state index contributed by atoms with van der Waals surface area (Å²) in [6.45, 7) is -0.430. The van der Waals surface area contributed by atoms with Gasteiger partial charge in [-0.1, -0.05) is 12.1 Å². The number of anilines is 2. The molecule has 0 aromatic heterocycles. The fourth-order valence-corrected chi connectivity index (χ4v) is 3.81. The predicted molar refractivity (Wildman–Crippen MR) is 123 cm³/mol. The van der Waals surface area contributed by atoms with Crippen LogP contribution in [0.1, 0.15) is 27.1 Å². The molecule has 14 heteroatoms. The quantitative estimate of drug-likeness (QED) is 0.257. The number of carboxylic acids is 4. The van der Waals surface area contributed by atoms with Crippen molar-refractivity contribution in [3.8, 4) is 0 Å². The van der Waals surface area contributed by atoms with Crippen LogP contribution >= 0.6 is 0 Å². The zero-order valence-electron chi connectivity index (χ0n) is 17.9. The van der Waals surface area contributed by atoms with E-state index in [0.717, 1.165) is 18.9 Å². The van der Waals surface area contributed by atoms with Gasteiger partial charge in [-0.3, -0.25) is 9.59 Å². The third kappa shape index (κ3) is 9.17. The molecule has 0 atom stereocenters. The van der Waals surface area contributed by atoms with Crippen LogP contribution in [0.2, 0.25) is 0 Å². The van der Waals surface area contributed by atoms with E-state index in [1.54, 1.807) is 0 Å². The number of benzene rings is 2. The van der Waals surface area contributed by atoms with Crippen LogP contribution in [0.15, 0.2) is 46.2 Å². The third-order valence-corrected chi connectivity index (χ3v) is 5.26. The van der Waals surface area contributed by atoms with Gasteiger partial charge in [0.25, 0.3) is 0 Å². The molecule has 2 rings (SSSR count). The van der Waals surface area contributed by atoms with Crippen LogP contribution < -0.4 is 9.80 Å². The fourth-order valence-electron chi connectivity index (χ4n) is 3.17. The van der Waals surface area contributed by atoms with Crippen LogP contribution in [0.5, 0.6) is 0 Å². The average molecular weight is 607 g/mol. The van der Waals surface area contributed by atoms with Gasteiger partial charge in [0.05, 0.1) is 11.1 Å². The van der Waals surface area contributed by atoms with E-state index in [-0.39, 0.29) is 34.0 Å². The Kier molecular flexibility index (Phi) is 12.2. The first-order chi connectivity index (χ1) is 16.5. The number of carbonyl (C=O) groups is 4. The van der Waals surface area contributed by atoms with Gasteiger partial charge in [-0.25, -0.2) is 9.59 Å². The van der Waals surface area contributed by atoms with Crippen molar-refractivity contribution >= 4 is 60.5 Å². The van der Waals surface area contributed by atoms with Crippen molar-refractivity contribution in [2.45, 2.75) is 16.2 Å². The normalized spacial score (nSPS) is 10.0. The van der Waals surface area contributed by atoms with E-state index in [0.29, 0.717) is 17.8 Å². The molecule has 0 saturated heterocycles. The maximum absolute atomic E-state index is 11.3. The van der Waals surface area contributed by atoms with Gasteiger partial charge in [0.2, 0.25) is 0 Å². The number of aromatic carboxylic acids is 2. The Bertz CT molecular complexity index is 1020. The van der Waals surface area contributed by atoms with Gasteiger partial charge in [-0.2, -0.15) is 9.79 Å². The molecule has 0 aliphatic carbocycles. The van der Waals surface area contributed by atoms with E-state index in [4.69, 9.17) is 39.0 Å². The van der Waals surface area contributed by atoms with Crippen molar-refractivity contribution in [2.24, 2.45) is 0 Å². The van der Waals surface area contributed by atoms with Crippen molar-refractivity contribution in [3.63, 3.8) is 0 Å². The Morgan fingerprint density at radius 3 is 1.29 bits per heavy atom. The Balaban J connectivity index is 0.00000298. The molecular weight excluding hydrogens is 586 g/mol. The SMILES string of the molecule is O=C(O)CN(CCCN(CC(=O)O)c1ccc(C(=O)O)cc1[S-])c1ccc(C(=O)O)cc1[S-].[O]=[Tc+4]. The van der Waals surface area contributed by atoms with Crippen molar-refractivity contribution in [1.29, 1.82) is 0 Å². The van der Waals surface area contributed by atoms with Crippen LogP contribution in [0.3, 0.4) is 0 Å². The van der Waals surface area contributed by atoms with Gasteiger partial charge >= 0.3 is 46.2 Å². The first-order valence-corrected chi connectivity index (χ1v) is 11.2. The molecule has 35 heavy (non-hydrogen) atoms. The van der Waals surface area contributed by atoms with Crippen molar-refractivity contribution < 1.29 is 62.0 Å². The molecule has 0 spiro atoms. The summed E-state index contributed by atoms with van der Waals surface area (Å²) in [7, 11) is 0. The van der Waals surface area contributed by atoms with Crippen molar-refractivity contribution in [3.05, 3.63) is 47.5 Å². The van der Waals surface area contributed by atoms with E-state index in [1.807, 2.05) is 0 Å². The molecule has 0 heterocycles. The molecule has 0 unspecified atom stereocenters. The molecule has 185 valence electrons. The van der Waals surface area contributed by atoms with E-state index in [1.165, 1.54) is 46.2 Å². The molecule has 0 amide bonds. The van der Waals surface area contributed by atoms with Crippen LogP contribution in [-0.2, 0) is 57.2 Å². The van der Waals surface area contributed by atoms with E-state index in [2.05, 4.69) is 0 Å². The van der Waals surface area contributed by atoms with Crippen LogP contribution in [0.25, 0.3) is 0 Å². The van der Waals surface area contributed by atoms with Crippen LogP contribution in [-0.4, -0.2) is 70.5 Å². The molecule has 11 nitrogen and oxygen atoms in total. The van der Waals surface area contributed by atoms with Crippen molar-refractivity contribution in [1.82, 2.24) is 0 Å². The molecule has 2 aromatic rings.